The molecule has 0 spiro atoms. The van der Waals surface area contributed by atoms with Crippen LogP contribution in [0.2, 0.25) is 0 Å². The zero-order valence-electron chi connectivity index (χ0n) is 30.4. The van der Waals surface area contributed by atoms with E-state index in [1.54, 1.807) is 0 Å². The normalized spacial score (nSPS) is 11.5. The Balaban J connectivity index is 1.97. The van der Waals surface area contributed by atoms with Gasteiger partial charge in [0, 0.05) is 17.8 Å². The Morgan fingerprint density at radius 1 is 0.364 bits per heavy atom. The molecule has 0 amide bonds. The summed E-state index contributed by atoms with van der Waals surface area (Å²) in [5.74, 6) is 0.950. The van der Waals surface area contributed by atoms with E-state index in [4.69, 9.17) is 9.97 Å². The van der Waals surface area contributed by atoms with Gasteiger partial charge in [-0.15, -0.1) is 0 Å². The average molecular weight is 612 g/mol. The Bertz CT molecular complexity index is 645. The molecule has 0 bridgehead atoms. The smallest absolute Gasteiger partial charge is 0.128 e. The summed E-state index contributed by atoms with van der Waals surface area (Å²) in [6, 6.07) is 2.30. The van der Waals surface area contributed by atoms with Crippen molar-refractivity contribution in [1.82, 2.24) is 9.97 Å². The number of hydrogen-bond acceptors (Lipinski definition) is 2. The van der Waals surface area contributed by atoms with Gasteiger partial charge in [-0.1, -0.05) is 206 Å². The van der Waals surface area contributed by atoms with Crippen LogP contribution in [0.1, 0.15) is 237 Å². The summed E-state index contributed by atoms with van der Waals surface area (Å²) in [7, 11) is 0. The highest BCUT2D eigenvalue weighted by Gasteiger charge is 2.05. The van der Waals surface area contributed by atoms with Crippen molar-refractivity contribution in [3.63, 3.8) is 0 Å². The third-order valence-corrected chi connectivity index (χ3v) is 9.68. The van der Waals surface area contributed by atoms with Crippen LogP contribution in [0.3, 0.4) is 0 Å². The average Bonchev–Trinajstić information content (AvgIpc) is 3.04. The van der Waals surface area contributed by atoms with Crippen molar-refractivity contribution in [1.29, 1.82) is 0 Å². The zero-order chi connectivity index (χ0) is 31.6. The van der Waals surface area contributed by atoms with Gasteiger partial charge in [0.15, 0.2) is 0 Å². The molecule has 0 aliphatic carbocycles. The molecule has 0 aliphatic rings. The van der Waals surface area contributed by atoms with E-state index in [2.05, 4.69) is 26.8 Å². The molecule has 44 heavy (non-hydrogen) atoms. The predicted octanol–water partition coefficient (Wildman–Crippen LogP) is 14.5. The molecule has 0 aliphatic heterocycles. The lowest BCUT2D eigenvalue weighted by atomic mass is 10.0. The molecule has 1 rings (SSSR count). The summed E-state index contributed by atoms with van der Waals surface area (Å²) in [4.78, 5) is 9.62. The molecular weight excluding hydrogens is 532 g/mol. The molecule has 0 aromatic carbocycles. The van der Waals surface area contributed by atoms with E-state index < -0.39 is 0 Å². The molecule has 0 saturated heterocycles. The van der Waals surface area contributed by atoms with Crippen molar-refractivity contribution in [2.24, 2.45) is 0 Å². The van der Waals surface area contributed by atoms with Crippen molar-refractivity contribution in [3.8, 4) is 0 Å². The maximum Gasteiger partial charge on any atom is 0.128 e. The van der Waals surface area contributed by atoms with Gasteiger partial charge in [-0.05, 0) is 38.7 Å². The van der Waals surface area contributed by atoms with Gasteiger partial charge in [0.25, 0.3) is 0 Å². The van der Waals surface area contributed by atoms with E-state index in [9.17, 15) is 0 Å². The van der Waals surface area contributed by atoms with Crippen molar-refractivity contribution in [2.45, 2.75) is 239 Å². The Morgan fingerprint density at radius 3 is 0.818 bits per heavy atom. The van der Waals surface area contributed by atoms with E-state index in [-0.39, 0.29) is 0 Å². The van der Waals surface area contributed by atoms with Crippen molar-refractivity contribution < 1.29 is 0 Å². The second kappa shape index (κ2) is 33.4. The fourth-order valence-corrected chi connectivity index (χ4v) is 6.69. The highest BCUT2D eigenvalue weighted by Crippen LogP contribution is 2.17. The SMILES string of the molecule is [CH2]Cc1nc(CCCCCCCCCCCCCCCCCC)cc(CCCCCCCCCCCCCCCCCC)n1. The molecule has 1 aromatic rings. The second-order valence-electron chi connectivity index (χ2n) is 14.1. The molecular formula is C42H79N2. The summed E-state index contributed by atoms with van der Waals surface area (Å²) in [6.45, 7) is 8.68. The number of rotatable bonds is 35. The maximum absolute atomic E-state index is 4.81. The van der Waals surface area contributed by atoms with Crippen LogP contribution in [0.5, 0.6) is 0 Å². The standard InChI is InChI=1S/C42H79N2/c1-4-7-9-11-13-15-17-19-21-23-25-27-29-31-33-35-37-40-39-41(44-42(6-3)43-40)38-36-34-32-30-28-26-24-22-20-18-16-14-12-10-8-5-2/h39H,3-38H2,1-2H3. The van der Waals surface area contributed by atoms with Gasteiger partial charge in [-0.3, -0.25) is 0 Å². The fraction of sp³-hybridized carbons (Fsp3) is 0.881. The third-order valence-electron chi connectivity index (χ3n) is 9.68. The lowest BCUT2D eigenvalue weighted by Gasteiger charge is -2.08. The van der Waals surface area contributed by atoms with Crippen LogP contribution >= 0.6 is 0 Å². The second-order valence-corrected chi connectivity index (χ2v) is 14.1. The number of nitrogens with zero attached hydrogens (tertiary/aromatic N) is 2. The van der Waals surface area contributed by atoms with Gasteiger partial charge < -0.3 is 0 Å². The van der Waals surface area contributed by atoms with E-state index in [1.807, 2.05) is 0 Å². The Kier molecular flexibility index (Phi) is 31.2. The molecule has 257 valence electrons. The highest BCUT2D eigenvalue weighted by atomic mass is 14.9. The Morgan fingerprint density at radius 2 is 0.591 bits per heavy atom. The van der Waals surface area contributed by atoms with Crippen LogP contribution in [0, 0.1) is 6.92 Å². The summed E-state index contributed by atoms with van der Waals surface area (Å²) in [6.07, 6.45) is 48.4. The molecule has 2 nitrogen and oxygen atoms in total. The zero-order valence-corrected chi connectivity index (χ0v) is 30.4. The molecule has 1 aromatic heterocycles. The summed E-state index contributed by atoms with van der Waals surface area (Å²) >= 11 is 0. The molecule has 0 saturated carbocycles. The summed E-state index contributed by atoms with van der Waals surface area (Å²) < 4.78 is 0. The van der Waals surface area contributed by atoms with E-state index in [0.717, 1.165) is 18.7 Å². The molecule has 1 radical (unpaired) electrons. The quantitative estimate of drug-likeness (QED) is 0.0713. The minimum atomic E-state index is 0.707. The van der Waals surface area contributed by atoms with Gasteiger partial charge in [0.2, 0.25) is 0 Å². The number of hydrogen-bond donors (Lipinski definition) is 0. The van der Waals surface area contributed by atoms with Crippen LogP contribution < -0.4 is 0 Å². The first-order chi connectivity index (χ1) is 21.8. The fourth-order valence-electron chi connectivity index (χ4n) is 6.69. The van der Waals surface area contributed by atoms with Crippen molar-refractivity contribution >= 4 is 0 Å². The Labute approximate surface area is 278 Å². The van der Waals surface area contributed by atoms with Gasteiger partial charge >= 0.3 is 0 Å². The minimum absolute atomic E-state index is 0.707. The topological polar surface area (TPSA) is 25.8 Å². The molecule has 0 fully saturated rings. The lowest BCUT2D eigenvalue weighted by molar-refractivity contribution is 0.528. The summed E-state index contributed by atoms with van der Waals surface area (Å²) in [5.41, 5.74) is 2.52. The minimum Gasteiger partial charge on any atom is -0.238 e. The van der Waals surface area contributed by atoms with Crippen LogP contribution in [-0.4, -0.2) is 9.97 Å². The highest BCUT2D eigenvalue weighted by molar-refractivity contribution is 5.12. The van der Waals surface area contributed by atoms with E-state index >= 15 is 0 Å². The van der Waals surface area contributed by atoms with Gasteiger partial charge in [-0.2, -0.15) is 0 Å². The number of unbranched alkanes of at least 4 members (excludes halogenated alkanes) is 30. The third kappa shape index (κ3) is 27.4. The number of aromatic nitrogens is 2. The molecule has 2 heteroatoms. The number of aryl methyl sites for hydroxylation is 2. The molecule has 0 N–H and O–H groups in total. The predicted molar refractivity (Wildman–Crippen MR) is 198 cm³/mol. The maximum atomic E-state index is 4.81. The van der Waals surface area contributed by atoms with Crippen LogP contribution in [0.15, 0.2) is 6.07 Å². The largest absolute Gasteiger partial charge is 0.238 e. The van der Waals surface area contributed by atoms with Gasteiger partial charge in [0.05, 0.1) is 0 Å². The molecule has 0 atom stereocenters. The molecule has 1 heterocycles. The lowest BCUT2D eigenvalue weighted by Crippen LogP contribution is -2.03. The summed E-state index contributed by atoms with van der Waals surface area (Å²) in [5, 5.41) is 0. The van der Waals surface area contributed by atoms with Crippen LogP contribution in [0.25, 0.3) is 0 Å². The molecule has 0 unspecified atom stereocenters. The monoisotopic (exact) mass is 612 g/mol. The van der Waals surface area contributed by atoms with Crippen molar-refractivity contribution in [2.75, 3.05) is 0 Å². The first-order valence-electron chi connectivity index (χ1n) is 20.4. The first kappa shape index (κ1) is 41.1. The van der Waals surface area contributed by atoms with Crippen molar-refractivity contribution in [3.05, 3.63) is 30.2 Å². The van der Waals surface area contributed by atoms with E-state index in [0.29, 0.717) is 6.42 Å². The van der Waals surface area contributed by atoms with Crippen LogP contribution in [-0.2, 0) is 19.3 Å². The Hall–Kier alpha value is -0.920. The first-order valence-corrected chi connectivity index (χ1v) is 20.4. The van der Waals surface area contributed by atoms with Gasteiger partial charge in [0.1, 0.15) is 5.82 Å². The van der Waals surface area contributed by atoms with Gasteiger partial charge in [-0.25, -0.2) is 9.97 Å². The van der Waals surface area contributed by atoms with E-state index in [1.165, 1.54) is 217 Å². The van der Waals surface area contributed by atoms with Crippen LogP contribution in [0.4, 0.5) is 0 Å².